The van der Waals surface area contributed by atoms with Crippen LogP contribution in [0.1, 0.15) is 30.1 Å². The molecule has 0 bridgehead atoms. The van der Waals surface area contributed by atoms with Crippen molar-refractivity contribution in [1.82, 2.24) is 9.97 Å². The first kappa shape index (κ1) is 13.1. The van der Waals surface area contributed by atoms with Crippen LogP contribution < -0.4 is 16.6 Å². The zero-order chi connectivity index (χ0) is 14.1. The number of rotatable bonds is 4. The molecule has 1 saturated carbocycles. The molecule has 3 rings (SSSR count). The molecule has 1 heterocycles. The van der Waals surface area contributed by atoms with E-state index < -0.39 is 0 Å². The van der Waals surface area contributed by atoms with Crippen LogP contribution in [0.5, 0.6) is 0 Å². The van der Waals surface area contributed by atoms with Crippen LogP contribution in [-0.4, -0.2) is 9.97 Å². The summed E-state index contributed by atoms with van der Waals surface area (Å²) in [4.78, 5) is 8.90. The maximum absolute atomic E-state index is 6.13. The number of aryl methyl sites for hydroxylation is 1. The molecule has 20 heavy (non-hydrogen) atoms. The first-order chi connectivity index (χ1) is 9.65. The van der Waals surface area contributed by atoms with E-state index in [1.54, 1.807) is 6.07 Å². The minimum absolute atomic E-state index is 0.463. The fourth-order valence-corrected chi connectivity index (χ4v) is 2.13. The molecule has 1 aliphatic carbocycles. The molecule has 4 N–H and O–H groups in total. The third kappa shape index (κ3) is 2.84. The van der Waals surface area contributed by atoms with Gasteiger partial charge in [-0.2, -0.15) is 0 Å². The first-order valence-corrected chi connectivity index (χ1v) is 6.92. The van der Waals surface area contributed by atoms with Crippen LogP contribution in [0.15, 0.2) is 24.3 Å². The number of benzene rings is 1. The molecule has 0 amide bonds. The van der Waals surface area contributed by atoms with Gasteiger partial charge >= 0.3 is 0 Å². The van der Waals surface area contributed by atoms with E-state index >= 15 is 0 Å². The van der Waals surface area contributed by atoms with Crippen molar-refractivity contribution in [3.05, 3.63) is 40.7 Å². The number of anilines is 3. The van der Waals surface area contributed by atoms with Crippen LogP contribution in [0.4, 0.5) is 17.3 Å². The average molecular weight is 290 g/mol. The number of nitrogen functional groups attached to an aromatic ring is 1. The third-order valence-corrected chi connectivity index (χ3v) is 3.69. The standard InChI is InChI=1S/C14H16ClN5/c1-8-2-5-10(6-11(8)15)17-12-7-13(20-16)19-14(18-12)9-3-4-9/h2,5-7,9H,3-4,16H2,1H3,(H2,17,18,19,20). The summed E-state index contributed by atoms with van der Waals surface area (Å²) in [6.45, 7) is 1.97. The lowest BCUT2D eigenvalue weighted by Gasteiger charge is -2.10. The second-order valence-electron chi connectivity index (χ2n) is 5.00. The summed E-state index contributed by atoms with van der Waals surface area (Å²) in [5.74, 6) is 8.09. The van der Waals surface area contributed by atoms with Crippen LogP contribution in [0, 0.1) is 6.92 Å². The molecule has 1 fully saturated rings. The highest BCUT2D eigenvalue weighted by molar-refractivity contribution is 6.31. The number of nitrogens with zero attached hydrogens (tertiary/aromatic N) is 2. The predicted molar refractivity (Wildman–Crippen MR) is 81.3 cm³/mol. The van der Waals surface area contributed by atoms with Gasteiger partial charge in [-0.25, -0.2) is 15.8 Å². The predicted octanol–water partition coefficient (Wildman–Crippen LogP) is 3.35. The van der Waals surface area contributed by atoms with Crippen molar-refractivity contribution < 1.29 is 0 Å². The molecule has 0 radical (unpaired) electrons. The zero-order valence-electron chi connectivity index (χ0n) is 11.2. The van der Waals surface area contributed by atoms with E-state index in [-0.39, 0.29) is 0 Å². The molecule has 0 unspecified atom stereocenters. The molecular weight excluding hydrogens is 274 g/mol. The average Bonchev–Trinajstić information content (AvgIpc) is 3.27. The number of hydrazine groups is 1. The Morgan fingerprint density at radius 3 is 2.60 bits per heavy atom. The van der Waals surface area contributed by atoms with E-state index in [2.05, 4.69) is 20.7 Å². The topological polar surface area (TPSA) is 75.9 Å². The molecule has 0 saturated heterocycles. The number of hydrogen-bond acceptors (Lipinski definition) is 5. The van der Waals surface area contributed by atoms with E-state index in [1.165, 1.54) is 0 Å². The van der Waals surface area contributed by atoms with Gasteiger partial charge in [0, 0.05) is 22.7 Å². The number of hydrogen-bond donors (Lipinski definition) is 3. The molecule has 0 spiro atoms. The Morgan fingerprint density at radius 1 is 1.20 bits per heavy atom. The fraction of sp³-hybridized carbons (Fsp3) is 0.286. The maximum atomic E-state index is 6.13. The lowest BCUT2D eigenvalue weighted by atomic mass is 10.2. The smallest absolute Gasteiger partial charge is 0.145 e. The van der Waals surface area contributed by atoms with Crippen LogP contribution in [0.3, 0.4) is 0 Å². The molecule has 1 aromatic heterocycles. The van der Waals surface area contributed by atoms with Crippen molar-refractivity contribution >= 4 is 28.9 Å². The molecule has 2 aromatic rings. The highest BCUT2D eigenvalue weighted by atomic mass is 35.5. The van der Waals surface area contributed by atoms with Crippen molar-refractivity contribution in [2.45, 2.75) is 25.7 Å². The van der Waals surface area contributed by atoms with E-state index in [1.807, 2.05) is 25.1 Å². The van der Waals surface area contributed by atoms with E-state index in [0.29, 0.717) is 11.7 Å². The van der Waals surface area contributed by atoms with Gasteiger partial charge in [-0.3, -0.25) is 0 Å². The lowest BCUT2D eigenvalue weighted by Crippen LogP contribution is -2.11. The summed E-state index contributed by atoms with van der Waals surface area (Å²) in [5.41, 5.74) is 4.52. The van der Waals surface area contributed by atoms with Gasteiger partial charge in [0.2, 0.25) is 0 Å². The van der Waals surface area contributed by atoms with Crippen molar-refractivity contribution in [3.63, 3.8) is 0 Å². The summed E-state index contributed by atoms with van der Waals surface area (Å²) >= 11 is 6.13. The summed E-state index contributed by atoms with van der Waals surface area (Å²) in [6, 6.07) is 7.59. The number of nitrogens with one attached hydrogen (secondary N) is 2. The highest BCUT2D eigenvalue weighted by Gasteiger charge is 2.27. The molecule has 6 heteroatoms. The second kappa shape index (κ2) is 5.26. The minimum atomic E-state index is 0.463. The Balaban J connectivity index is 1.88. The van der Waals surface area contributed by atoms with Crippen LogP contribution >= 0.6 is 11.6 Å². The van der Waals surface area contributed by atoms with Gasteiger partial charge in [0.25, 0.3) is 0 Å². The number of nitrogens with two attached hydrogens (primary N) is 1. The third-order valence-electron chi connectivity index (χ3n) is 3.28. The van der Waals surface area contributed by atoms with Gasteiger partial charge < -0.3 is 10.7 Å². The van der Waals surface area contributed by atoms with Crippen molar-refractivity contribution in [3.8, 4) is 0 Å². The quantitative estimate of drug-likeness (QED) is 0.594. The van der Waals surface area contributed by atoms with Crippen LogP contribution in [0.25, 0.3) is 0 Å². The SMILES string of the molecule is Cc1ccc(Nc2cc(NN)nc(C3CC3)n2)cc1Cl. The monoisotopic (exact) mass is 289 g/mol. The molecule has 0 atom stereocenters. The highest BCUT2D eigenvalue weighted by Crippen LogP contribution is 2.39. The molecule has 5 nitrogen and oxygen atoms in total. The molecule has 1 aliphatic rings. The van der Waals surface area contributed by atoms with Crippen LogP contribution in [-0.2, 0) is 0 Å². The second-order valence-corrected chi connectivity index (χ2v) is 5.41. The Bertz CT molecular complexity index is 639. The first-order valence-electron chi connectivity index (χ1n) is 6.54. The summed E-state index contributed by atoms with van der Waals surface area (Å²) in [5, 5.41) is 3.96. The number of aromatic nitrogens is 2. The Labute approximate surface area is 122 Å². The van der Waals surface area contributed by atoms with Gasteiger partial charge in [0.05, 0.1) is 0 Å². The Hall–Kier alpha value is -1.85. The van der Waals surface area contributed by atoms with Crippen molar-refractivity contribution in [1.29, 1.82) is 0 Å². The zero-order valence-corrected chi connectivity index (χ0v) is 11.9. The fourth-order valence-electron chi connectivity index (χ4n) is 1.95. The minimum Gasteiger partial charge on any atom is -0.340 e. The van der Waals surface area contributed by atoms with Gasteiger partial charge in [0.15, 0.2) is 0 Å². The maximum Gasteiger partial charge on any atom is 0.145 e. The Kier molecular flexibility index (Phi) is 3.46. The largest absolute Gasteiger partial charge is 0.340 e. The molecular formula is C14H16ClN5. The Morgan fingerprint density at radius 2 is 1.95 bits per heavy atom. The van der Waals surface area contributed by atoms with Gasteiger partial charge in [-0.05, 0) is 37.5 Å². The summed E-state index contributed by atoms with van der Waals surface area (Å²) < 4.78 is 0. The van der Waals surface area contributed by atoms with E-state index in [0.717, 1.165) is 40.8 Å². The van der Waals surface area contributed by atoms with Crippen molar-refractivity contribution in [2.75, 3.05) is 10.7 Å². The van der Waals surface area contributed by atoms with E-state index in [4.69, 9.17) is 17.4 Å². The van der Waals surface area contributed by atoms with E-state index in [9.17, 15) is 0 Å². The molecule has 1 aromatic carbocycles. The normalized spacial score (nSPS) is 14.2. The molecule has 104 valence electrons. The lowest BCUT2D eigenvalue weighted by molar-refractivity contribution is 0.929. The van der Waals surface area contributed by atoms with Crippen LogP contribution in [0.2, 0.25) is 5.02 Å². The molecule has 0 aliphatic heterocycles. The van der Waals surface area contributed by atoms with Gasteiger partial charge in [-0.1, -0.05) is 17.7 Å². The number of halogens is 1. The van der Waals surface area contributed by atoms with Gasteiger partial charge in [0.1, 0.15) is 17.5 Å². The van der Waals surface area contributed by atoms with Crippen molar-refractivity contribution in [2.24, 2.45) is 5.84 Å². The summed E-state index contributed by atoms with van der Waals surface area (Å²) in [7, 11) is 0. The summed E-state index contributed by atoms with van der Waals surface area (Å²) in [6.07, 6.45) is 2.29. The van der Waals surface area contributed by atoms with Gasteiger partial charge in [-0.15, -0.1) is 0 Å².